The Hall–Kier alpha value is -4.52. The number of carbonyl (C=O) groups is 2. The summed E-state index contributed by atoms with van der Waals surface area (Å²) < 4.78 is 21.1. The summed E-state index contributed by atoms with van der Waals surface area (Å²) in [6, 6.07) is 17.3. The normalized spacial score (nSPS) is 11.5. The van der Waals surface area contributed by atoms with Crippen molar-refractivity contribution >= 4 is 56.1 Å². The van der Waals surface area contributed by atoms with E-state index < -0.39 is 29.3 Å². The Morgan fingerprint density at radius 3 is 2.33 bits per heavy atom. The number of primary amides is 1. The van der Waals surface area contributed by atoms with Crippen molar-refractivity contribution in [2.24, 2.45) is 5.73 Å². The number of hydrogen-bond donors (Lipinski definition) is 1. The Labute approximate surface area is 251 Å². The number of carbonyl (C=O) groups excluding carboxylic acids is 2. The number of nitrogens with two attached hydrogens (primary N) is 1. The van der Waals surface area contributed by atoms with Crippen LogP contribution in [0.5, 0.6) is 5.75 Å². The summed E-state index contributed by atoms with van der Waals surface area (Å²) in [5, 5.41) is 11.8. The maximum Gasteiger partial charge on any atom is 0.252 e. The Kier molecular flexibility index (Phi) is 9.10. The van der Waals surface area contributed by atoms with E-state index in [2.05, 4.69) is 4.98 Å². The average molecular weight is 601 g/mol. The van der Waals surface area contributed by atoms with E-state index in [0.717, 1.165) is 22.1 Å². The lowest BCUT2D eigenvalue weighted by molar-refractivity contribution is 0.0914. The monoisotopic (exact) mass is 600 g/mol. The van der Waals surface area contributed by atoms with Gasteiger partial charge in [0.25, 0.3) is 5.91 Å². The van der Waals surface area contributed by atoms with Gasteiger partial charge in [-0.05, 0) is 79.1 Å². The second-order valence-corrected chi connectivity index (χ2v) is 11.2. The third-order valence-electron chi connectivity index (χ3n) is 6.52. The lowest BCUT2D eigenvalue weighted by Crippen LogP contribution is -2.16. The van der Waals surface area contributed by atoms with Crippen LogP contribution in [-0.4, -0.2) is 31.5 Å². The highest BCUT2D eigenvalue weighted by molar-refractivity contribution is 7.83. The van der Waals surface area contributed by atoms with Crippen LogP contribution in [0.3, 0.4) is 0 Å². The molecule has 0 aliphatic rings. The molecule has 2 heterocycles. The zero-order valence-electron chi connectivity index (χ0n) is 23.8. The summed E-state index contributed by atoms with van der Waals surface area (Å²) in [6.45, 7) is 9.29. The van der Waals surface area contributed by atoms with Gasteiger partial charge in [-0.15, -0.1) is 0 Å². The number of pyridine rings is 1. The maximum atomic E-state index is 13.8. The minimum absolute atomic E-state index is 0.108. The molecule has 0 aliphatic heterocycles. The summed E-state index contributed by atoms with van der Waals surface area (Å²) in [6.07, 6.45) is 1.47. The number of halogens is 1. The highest BCUT2D eigenvalue weighted by Crippen LogP contribution is 2.30. The van der Waals surface area contributed by atoms with Crippen LogP contribution in [0.2, 0.25) is 5.02 Å². The van der Waals surface area contributed by atoms with E-state index in [1.54, 1.807) is 36.4 Å². The molecule has 1 atom stereocenters. The molecule has 2 aromatic heterocycles. The SMILES string of the molecule is CC.Cc1cc(C)c(S(=O)n2cc(C(=O)COc3cc4ccc(Cl)cc4cc3C(N)=O)c3ccc(C#N)nc32)c(C)c1. The van der Waals surface area contributed by atoms with Gasteiger partial charge in [-0.2, -0.15) is 5.26 Å². The van der Waals surface area contributed by atoms with Crippen LogP contribution in [0.25, 0.3) is 21.8 Å². The van der Waals surface area contributed by atoms with E-state index in [9.17, 15) is 19.1 Å². The lowest BCUT2D eigenvalue weighted by Gasteiger charge is -2.12. The molecule has 5 aromatic rings. The number of Topliss-reactive ketones (excluding diaryl/α,β-unsaturated/α-hetero) is 1. The fourth-order valence-electron chi connectivity index (χ4n) is 4.81. The van der Waals surface area contributed by atoms with Crippen molar-refractivity contribution in [3.63, 3.8) is 0 Å². The number of fused-ring (bicyclic) bond motifs is 2. The Balaban J connectivity index is 0.00000198. The smallest absolute Gasteiger partial charge is 0.252 e. The largest absolute Gasteiger partial charge is 0.485 e. The summed E-state index contributed by atoms with van der Waals surface area (Å²) in [4.78, 5) is 30.6. The number of aromatic nitrogens is 2. The van der Waals surface area contributed by atoms with Crippen molar-refractivity contribution in [2.75, 3.05) is 6.61 Å². The molecule has 0 bridgehead atoms. The van der Waals surface area contributed by atoms with Crippen molar-refractivity contribution in [1.29, 1.82) is 5.26 Å². The quantitative estimate of drug-likeness (QED) is 0.210. The first-order valence-corrected chi connectivity index (χ1v) is 14.7. The predicted octanol–water partition coefficient (Wildman–Crippen LogP) is 6.60. The molecule has 0 saturated carbocycles. The Bertz CT molecular complexity index is 1920. The van der Waals surface area contributed by atoms with Gasteiger partial charge in [0, 0.05) is 22.2 Å². The molecule has 1 amide bonds. The first kappa shape index (κ1) is 30.4. The molecular formula is C32H29ClN4O4S. The Morgan fingerprint density at radius 2 is 1.69 bits per heavy atom. The van der Waals surface area contributed by atoms with Crippen molar-refractivity contribution in [2.45, 2.75) is 39.5 Å². The third kappa shape index (κ3) is 5.91. The minimum Gasteiger partial charge on any atom is -0.485 e. The molecule has 2 N–H and O–H groups in total. The van der Waals surface area contributed by atoms with E-state index in [4.69, 9.17) is 22.1 Å². The molecule has 10 heteroatoms. The van der Waals surface area contributed by atoms with E-state index in [1.807, 2.05) is 52.8 Å². The summed E-state index contributed by atoms with van der Waals surface area (Å²) in [5.74, 6) is -0.997. The fraction of sp³-hybridized carbons (Fsp3) is 0.188. The average Bonchev–Trinajstić information content (AvgIpc) is 3.34. The number of ketones is 1. The molecular weight excluding hydrogens is 572 g/mol. The number of benzene rings is 3. The zero-order chi connectivity index (χ0) is 30.7. The number of rotatable bonds is 7. The van der Waals surface area contributed by atoms with Crippen LogP contribution in [-0.2, 0) is 11.0 Å². The van der Waals surface area contributed by atoms with E-state index in [0.29, 0.717) is 20.7 Å². The van der Waals surface area contributed by atoms with Gasteiger partial charge in [-0.25, -0.2) is 13.2 Å². The van der Waals surface area contributed by atoms with E-state index in [-0.39, 0.29) is 28.2 Å². The molecule has 0 spiro atoms. The van der Waals surface area contributed by atoms with Gasteiger partial charge in [0.05, 0.1) is 10.5 Å². The minimum atomic E-state index is -1.75. The molecule has 5 rings (SSSR count). The van der Waals surface area contributed by atoms with Crippen LogP contribution < -0.4 is 10.5 Å². The van der Waals surface area contributed by atoms with Crippen molar-refractivity contribution in [3.05, 3.63) is 99.3 Å². The van der Waals surface area contributed by atoms with Gasteiger partial charge in [0.2, 0.25) is 5.78 Å². The second kappa shape index (κ2) is 12.6. The van der Waals surface area contributed by atoms with Crippen molar-refractivity contribution in [3.8, 4) is 11.8 Å². The van der Waals surface area contributed by atoms with Gasteiger partial charge in [-0.3, -0.25) is 9.59 Å². The van der Waals surface area contributed by atoms with Crippen LogP contribution >= 0.6 is 11.6 Å². The van der Waals surface area contributed by atoms with E-state index in [1.165, 1.54) is 16.2 Å². The number of aryl methyl sites for hydroxylation is 3. The molecule has 214 valence electrons. The highest BCUT2D eigenvalue weighted by atomic mass is 35.5. The first-order valence-electron chi connectivity index (χ1n) is 13.2. The molecule has 0 saturated heterocycles. The molecule has 0 aliphatic carbocycles. The van der Waals surface area contributed by atoms with Gasteiger partial charge in [-0.1, -0.05) is 49.2 Å². The number of nitrogens with zero attached hydrogens (tertiary/aromatic N) is 3. The van der Waals surface area contributed by atoms with E-state index >= 15 is 0 Å². The number of hydrogen-bond acceptors (Lipinski definition) is 6. The van der Waals surface area contributed by atoms with Gasteiger partial charge in [0.1, 0.15) is 17.5 Å². The lowest BCUT2D eigenvalue weighted by atomic mass is 10.1. The second-order valence-electron chi connectivity index (χ2n) is 9.44. The van der Waals surface area contributed by atoms with Gasteiger partial charge < -0.3 is 10.5 Å². The fourth-order valence-corrected chi connectivity index (χ4v) is 6.35. The zero-order valence-corrected chi connectivity index (χ0v) is 25.4. The van der Waals surface area contributed by atoms with Crippen molar-refractivity contribution < 1.29 is 18.5 Å². The summed E-state index contributed by atoms with van der Waals surface area (Å²) >= 11 is 6.08. The third-order valence-corrected chi connectivity index (χ3v) is 8.38. The van der Waals surface area contributed by atoms with Crippen LogP contribution in [0.15, 0.2) is 65.7 Å². The number of ether oxygens (including phenoxy) is 1. The molecule has 42 heavy (non-hydrogen) atoms. The molecule has 0 fully saturated rings. The number of nitriles is 1. The summed E-state index contributed by atoms with van der Waals surface area (Å²) in [7, 11) is -1.75. The molecule has 1 unspecified atom stereocenters. The Morgan fingerprint density at radius 1 is 1.00 bits per heavy atom. The summed E-state index contributed by atoms with van der Waals surface area (Å²) in [5.41, 5.74) is 8.98. The molecule has 0 radical (unpaired) electrons. The predicted molar refractivity (Wildman–Crippen MR) is 166 cm³/mol. The van der Waals surface area contributed by atoms with Gasteiger partial charge >= 0.3 is 0 Å². The standard InChI is InChI=1S/C30H23ClN4O4S.C2H6/c1-16-8-17(2)28(18(3)9-16)40(38)35-14-25(23-7-6-22(13-32)34-30(23)35)26(36)15-39-27-12-19-4-5-21(31)10-20(19)11-24(27)29(33)37;1-2/h4-12,14H,15H2,1-3H3,(H2,33,37);1-2H3. The van der Waals surface area contributed by atoms with Crippen LogP contribution in [0.4, 0.5) is 0 Å². The van der Waals surface area contributed by atoms with Crippen LogP contribution in [0, 0.1) is 32.1 Å². The number of amides is 1. The highest BCUT2D eigenvalue weighted by Gasteiger charge is 2.23. The van der Waals surface area contributed by atoms with Crippen LogP contribution in [0.1, 0.15) is 56.9 Å². The molecule has 8 nitrogen and oxygen atoms in total. The maximum absolute atomic E-state index is 13.8. The van der Waals surface area contributed by atoms with Crippen molar-refractivity contribution in [1.82, 2.24) is 8.96 Å². The molecule has 3 aromatic carbocycles. The van der Waals surface area contributed by atoms with Gasteiger partial charge in [0.15, 0.2) is 23.2 Å². The first-order chi connectivity index (χ1) is 20.1. The topological polar surface area (TPSA) is 128 Å².